The number of aryl methyl sites for hydroxylation is 1. The van der Waals surface area contributed by atoms with Crippen LogP contribution in [0, 0.1) is 6.92 Å². The number of nitrogens with one attached hydrogen (secondary N) is 1. The van der Waals surface area contributed by atoms with Crippen LogP contribution in [0.5, 0.6) is 0 Å². The van der Waals surface area contributed by atoms with E-state index in [9.17, 15) is 4.79 Å². The van der Waals surface area contributed by atoms with Gasteiger partial charge in [-0.15, -0.1) is 27.8 Å². The maximum Gasteiger partial charge on any atom is 0.338 e. The molecule has 3 aromatic rings. The summed E-state index contributed by atoms with van der Waals surface area (Å²) in [6.45, 7) is 6.07. The Balaban J connectivity index is 1.88. The van der Waals surface area contributed by atoms with E-state index in [1.54, 1.807) is 27.4 Å². The zero-order chi connectivity index (χ0) is 18.3. The highest BCUT2D eigenvalue weighted by Gasteiger charge is 2.36. The number of fused-ring (bicyclic) bond motifs is 1. The van der Waals surface area contributed by atoms with Gasteiger partial charge in [0, 0.05) is 10.6 Å². The summed E-state index contributed by atoms with van der Waals surface area (Å²) >= 11 is 3.20. The molecule has 6 nitrogen and oxygen atoms in total. The van der Waals surface area contributed by atoms with E-state index >= 15 is 0 Å². The highest BCUT2D eigenvalue weighted by atomic mass is 32.1. The molecule has 8 heteroatoms. The molecule has 26 heavy (non-hydrogen) atoms. The average molecular weight is 387 g/mol. The highest BCUT2D eigenvalue weighted by Crippen LogP contribution is 2.40. The zero-order valence-corrected chi connectivity index (χ0v) is 16.3. The lowest BCUT2D eigenvalue weighted by atomic mass is 10.00. The fourth-order valence-corrected chi connectivity index (χ4v) is 4.71. The number of hydrogen-bond acceptors (Lipinski definition) is 7. The maximum atomic E-state index is 12.7. The van der Waals surface area contributed by atoms with Gasteiger partial charge in [-0.1, -0.05) is 6.07 Å². The third-order valence-corrected chi connectivity index (χ3v) is 6.18. The molecule has 0 aliphatic carbocycles. The Bertz CT molecular complexity index is 985. The Morgan fingerprint density at radius 2 is 2.15 bits per heavy atom. The van der Waals surface area contributed by atoms with Crippen LogP contribution in [-0.2, 0) is 9.53 Å². The van der Waals surface area contributed by atoms with Crippen LogP contribution >= 0.6 is 22.7 Å². The van der Waals surface area contributed by atoms with E-state index in [1.807, 2.05) is 43.7 Å². The van der Waals surface area contributed by atoms with Crippen molar-refractivity contribution in [2.45, 2.75) is 26.8 Å². The van der Waals surface area contributed by atoms with Crippen molar-refractivity contribution in [3.05, 3.63) is 50.7 Å². The molecule has 1 aliphatic heterocycles. The van der Waals surface area contributed by atoms with Gasteiger partial charge in [-0.25, -0.2) is 9.48 Å². The van der Waals surface area contributed by atoms with Crippen LogP contribution in [0.15, 0.2) is 40.2 Å². The smallest absolute Gasteiger partial charge is 0.338 e. The summed E-state index contributed by atoms with van der Waals surface area (Å²) in [5, 5.41) is 12.0. The van der Waals surface area contributed by atoms with Gasteiger partial charge in [-0.05, 0) is 49.2 Å². The summed E-state index contributed by atoms with van der Waals surface area (Å²) in [4.78, 5) is 19.4. The second-order valence-corrected chi connectivity index (χ2v) is 7.83. The second kappa shape index (κ2) is 6.69. The lowest BCUT2D eigenvalue weighted by molar-refractivity contribution is -0.139. The van der Waals surface area contributed by atoms with E-state index in [1.165, 1.54) is 0 Å². The fraction of sp³-hybridized carbons (Fsp3) is 0.278. The number of ether oxygens (including phenoxy) is 1. The minimum Gasteiger partial charge on any atom is -0.463 e. The first-order chi connectivity index (χ1) is 12.6. The number of carbonyl (C=O) groups is 1. The number of thiophene rings is 2. The molecule has 0 saturated heterocycles. The minimum absolute atomic E-state index is 0.325. The third-order valence-electron chi connectivity index (χ3n) is 4.24. The number of allylic oxidation sites excluding steroid dienone is 1. The molecule has 0 unspecified atom stereocenters. The Labute approximate surface area is 159 Å². The fourth-order valence-electron chi connectivity index (χ4n) is 3.04. The molecule has 134 valence electrons. The molecule has 4 heterocycles. The number of aromatic nitrogens is 3. The Kier molecular flexibility index (Phi) is 4.37. The van der Waals surface area contributed by atoms with Crippen molar-refractivity contribution in [1.82, 2.24) is 14.8 Å². The molecular weight excluding hydrogens is 368 g/mol. The minimum atomic E-state index is -0.341. The molecule has 0 bridgehead atoms. The van der Waals surface area contributed by atoms with E-state index in [-0.39, 0.29) is 12.0 Å². The predicted molar refractivity (Wildman–Crippen MR) is 103 cm³/mol. The summed E-state index contributed by atoms with van der Waals surface area (Å²) < 4.78 is 7.12. The molecule has 1 N–H and O–H groups in total. The molecule has 0 aromatic carbocycles. The number of nitrogens with zero attached hydrogens (tertiary/aromatic N) is 3. The number of anilines is 1. The first kappa shape index (κ1) is 17.0. The molecule has 0 saturated carbocycles. The van der Waals surface area contributed by atoms with Crippen LogP contribution in [0.25, 0.3) is 10.7 Å². The van der Waals surface area contributed by atoms with Crippen molar-refractivity contribution in [3.8, 4) is 10.7 Å². The maximum absolute atomic E-state index is 12.7. The third kappa shape index (κ3) is 2.75. The molecule has 0 fully saturated rings. The lowest BCUT2D eigenvalue weighted by Crippen LogP contribution is -2.29. The van der Waals surface area contributed by atoms with Gasteiger partial charge in [0.25, 0.3) is 0 Å². The van der Waals surface area contributed by atoms with Crippen LogP contribution in [0.2, 0.25) is 0 Å². The molecule has 3 aromatic heterocycles. The van der Waals surface area contributed by atoms with Crippen LogP contribution in [0.1, 0.15) is 30.3 Å². The molecule has 0 radical (unpaired) electrons. The summed E-state index contributed by atoms with van der Waals surface area (Å²) in [6.07, 6.45) is 0. The van der Waals surface area contributed by atoms with E-state index in [0.717, 1.165) is 21.0 Å². The Morgan fingerprint density at radius 1 is 1.31 bits per heavy atom. The standard InChI is InChI=1S/C18H18N4O2S2/c1-4-24-17(23)13-11(3)19-18-20-16(12-6-5-8-25-12)21-22(18)14(13)15-10(2)7-9-26-15/h5-9,14H,4H2,1-3H3,(H,19,20,21)/t14-/m1/s1. The topological polar surface area (TPSA) is 69.0 Å². The highest BCUT2D eigenvalue weighted by molar-refractivity contribution is 7.13. The Morgan fingerprint density at radius 3 is 2.81 bits per heavy atom. The molecule has 0 amide bonds. The second-order valence-electron chi connectivity index (χ2n) is 5.94. The number of rotatable bonds is 4. The molecular formula is C18H18N4O2S2. The largest absolute Gasteiger partial charge is 0.463 e. The van der Waals surface area contributed by atoms with Crippen LogP contribution in [-0.4, -0.2) is 27.3 Å². The van der Waals surface area contributed by atoms with Gasteiger partial charge in [-0.3, -0.25) is 0 Å². The summed E-state index contributed by atoms with van der Waals surface area (Å²) in [5.41, 5.74) is 2.45. The van der Waals surface area contributed by atoms with Crippen molar-refractivity contribution >= 4 is 34.6 Å². The van der Waals surface area contributed by atoms with Gasteiger partial charge in [0.05, 0.1) is 17.1 Å². The van der Waals surface area contributed by atoms with Crippen LogP contribution in [0.4, 0.5) is 5.95 Å². The van der Waals surface area contributed by atoms with Gasteiger partial charge >= 0.3 is 5.97 Å². The van der Waals surface area contributed by atoms with Crippen LogP contribution < -0.4 is 5.32 Å². The van der Waals surface area contributed by atoms with E-state index in [4.69, 9.17) is 9.84 Å². The number of hydrogen-bond donors (Lipinski definition) is 1. The molecule has 1 atom stereocenters. The Hall–Kier alpha value is -2.45. The quantitative estimate of drug-likeness (QED) is 0.680. The number of esters is 1. The van der Waals surface area contributed by atoms with E-state index in [0.29, 0.717) is 24.0 Å². The zero-order valence-electron chi connectivity index (χ0n) is 14.6. The first-order valence-electron chi connectivity index (χ1n) is 8.29. The van der Waals surface area contributed by atoms with Crippen LogP contribution in [0.3, 0.4) is 0 Å². The lowest BCUT2D eigenvalue weighted by Gasteiger charge is -2.27. The summed E-state index contributed by atoms with van der Waals surface area (Å²) in [5.74, 6) is 0.963. The average Bonchev–Trinajstić information content (AvgIpc) is 3.33. The van der Waals surface area contributed by atoms with Crippen molar-refractivity contribution in [3.63, 3.8) is 0 Å². The van der Waals surface area contributed by atoms with Gasteiger partial charge in [0.2, 0.25) is 5.95 Å². The van der Waals surface area contributed by atoms with Gasteiger partial charge in [0.15, 0.2) is 5.82 Å². The van der Waals surface area contributed by atoms with Crippen molar-refractivity contribution in [2.75, 3.05) is 11.9 Å². The molecule has 1 aliphatic rings. The molecule has 4 rings (SSSR count). The summed E-state index contributed by atoms with van der Waals surface area (Å²) in [6, 6.07) is 5.68. The van der Waals surface area contributed by atoms with Gasteiger partial charge in [0.1, 0.15) is 6.04 Å². The SMILES string of the molecule is CCOC(=O)C1=C(C)Nc2nc(-c3cccs3)nn2[C@H]1c1sccc1C. The predicted octanol–water partition coefficient (Wildman–Crippen LogP) is 4.23. The first-order valence-corrected chi connectivity index (χ1v) is 10.1. The van der Waals surface area contributed by atoms with Gasteiger partial charge in [-0.2, -0.15) is 4.98 Å². The monoisotopic (exact) mass is 386 g/mol. The summed E-state index contributed by atoms with van der Waals surface area (Å²) in [7, 11) is 0. The van der Waals surface area contributed by atoms with E-state index in [2.05, 4.69) is 16.4 Å². The van der Waals surface area contributed by atoms with Crippen molar-refractivity contribution < 1.29 is 9.53 Å². The molecule has 0 spiro atoms. The van der Waals surface area contributed by atoms with Crippen molar-refractivity contribution in [2.24, 2.45) is 0 Å². The number of carbonyl (C=O) groups excluding carboxylic acids is 1. The normalized spacial score (nSPS) is 16.3. The van der Waals surface area contributed by atoms with Gasteiger partial charge < -0.3 is 10.1 Å². The van der Waals surface area contributed by atoms with E-state index < -0.39 is 0 Å². The van der Waals surface area contributed by atoms with Crippen molar-refractivity contribution in [1.29, 1.82) is 0 Å².